The van der Waals surface area contributed by atoms with Crippen LogP contribution in [0.1, 0.15) is 10.4 Å². The molecule has 1 amide bonds. The number of amidine groups is 1. The van der Waals surface area contributed by atoms with Gasteiger partial charge < -0.3 is 15.8 Å². The number of amides is 1. The molecule has 0 fully saturated rings. The summed E-state index contributed by atoms with van der Waals surface area (Å²) in [6.07, 6.45) is 0. The van der Waals surface area contributed by atoms with Gasteiger partial charge in [-0.15, -0.1) is 11.6 Å². The van der Waals surface area contributed by atoms with Gasteiger partial charge in [0.25, 0.3) is 5.91 Å². The highest BCUT2D eigenvalue weighted by molar-refractivity contribution is 6.28. The number of aliphatic imine (C=N–C) groups is 1. The number of methoxy groups -OCH3 is 1. The van der Waals surface area contributed by atoms with E-state index in [-0.39, 0.29) is 17.6 Å². The second-order valence-electron chi connectivity index (χ2n) is 4.44. The van der Waals surface area contributed by atoms with Crippen LogP contribution in [0.4, 0.5) is 11.4 Å². The number of ether oxygens (including phenoxy) is 1. The lowest BCUT2D eigenvalue weighted by atomic mass is 10.1. The predicted octanol–water partition coefficient (Wildman–Crippen LogP) is 3.18. The Labute approximate surface area is 133 Å². The number of carbonyl (C=O) groups is 1. The van der Waals surface area contributed by atoms with Crippen molar-refractivity contribution in [2.24, 2.45) is 10.7 Å². The number of carbonyl (C=O) groups excluding carboxylic acids is 1. The number of halogens is 1. The third-order valence-corrected chi connectivity index (χ3v) is 3.15. The third-order valence-electron chi connectivity index (χ3n) is 2.88. The van der Waals surface area contributed by atoms with E-state index in [2.05, 4.69) is 10.3 Å². The maximum Gasteiger partial charge on any atom is 0.257 e. The molecule has 5 nitrogen and oxygen atoms in total. The molecule has 0 heterocycles. The van der Waals surface area contributed by atoms with Crippen LogP contribution in [-0.2, 0) is 0 Å². The summed E-state index contributed by atoms with van der Waals surface area (Å²) in [7, 11) is 1.57. The number of hydrogen-bond acceptors (Lipinski definition) is 3. The molecule has 0 saturated heterocycles. The molecular weight excluding hydrogens is 302 g/mol. The minimum Gasteiger partial charge on any atom is -0.497 e. The average Bonchev–Trinajstić information content (AvgIpc) is 2.55. The quantitative estimate of drug-likeness (QED) is 0.505. The van der Waals surface area contributed by atoms with E-state index >= 15 is 0 Å². The number of hydrogen-bond donors (Lipinski definition) is 2. The van der Waals surface area contributed by atoms with Crippen molar-refractivity contribution in [3.8, 4) is 5.75 Å². The van der Waals surface area contributed by atoms with E-state index in [1.165, 1.54) is 0 Å². The van der Waals surface area contributed by atoms with Crippen LogP contribution in [0.5, 0.6) is 5.75 Å². The molecule has 22 heavy (non-hydrogen) atoms. The van der Waals surface area contributed by atoms with Crippen molar-refractivity contribution in [2.45, 2.75) is 0 Å². The van der Waals surface area contributed by atoms with Gasteiger partial charge >= 0.3 is 0 Å². The molecule has 0 aromatic heterocycles. The molecule has 2 aromatic rings. The van der Waals surface area contributed by atoms with Crippen molar-refractivity contribution in [3.63, 3.8) is 0 Å². The Morgan fingerprint density at radius 1 is 1.27 bits per heavy atom. The molecule has 114 valence electrons. The van der Waals surface area contributed by atoms with Crippen LogP contribution in [0.15, 0.2) is 53.5 Å². The lowest BCUT2D eigenvalue weighted by Crippen LogP contribution is -2.15. The zero-order valence-corrected chi connectivity index (χ0v) is 12.8. The predicted molar refractivity (Wildman–Crippen MR) is 89.4 cm³/mol. The maximum absolute atomic E-state index is 12.4. The molecule has 0 bridgehead atoms. The summed E-state index contributed by atoms with van der Waals surface area (Å²) in [5.41, 5.74) is 7.16. The summed E-state index contributed by atoms with van der Waals surface area (Å²) in [6.45, 7) is 0. The van der Waals surface area contributed by atoms with Gasteiger partial charge in [-0.2, -0.15) is 0 Å². The van der Waals surface area contributed by atoms with Crippen molar-refractivity contribution in [1.29, 1.82) is 0 Å². The van der Waals surface area contributed by atoms with Crippen molar-refractivity contribution in [1.82, 2.24) is 0 Å². The number of nitrogens with two attached hydrogens (primary N) is 1. The standard InChI is InChI=1S/C16H16ClN3O2/c1-22-12-6-4-5-11(9-12)19-16(21)13-7-2-3-8-14(13)20-15(18)10-17/h2-9H,10H2,1H3,(H2,18,20)(H,19,21). The molecule has 0 unspecified atom stereocenters. The highest BCUT2D eigenvalue weighted by Gasteiger charge is 2.11. The highest BCUT2D eigenvalue weighted by Crippen LogP contribution is 2.22. The topological polar surface area (TPSA) is 76.7 Å². The summed E-state index contributed by atoms with van der Waals surface area (Å²) in [4.78, 5) is 16.6. The van der Waals surface area contributed by atoms with Crippen molar-refractivity contribution < 1.29 is 9.53 Å². The normalized spacial score (nSPS) is 11.1. The Balaban J connectivity index is 2.26. The number of rotatable bonds is 5. The molecular formula is C16H16ClN3O2. The van der Waals surface area contributed by atoms with Gasteiger partial charge in [0.15, 0.2) is 0 Å². The van der Waals surface area contributed by atoms with Crippen molar-refractivity contribution >= 4 is 34.7 Å². The molecule has 0 atom stereocenters. The smallest absolute Gasteiger partial charge is 0.257 e. The first-order valence-electron chi connectivity index (χ1n) is 6.57. The number of alkyl halides is 1. The van der Waals surface area contributed by atoms with E-state index in [0.717, 1.165) is 0 Å². The fraction of sp³-hybridized carbons (Fsp3) is 0.125. The second kappa shape index (κ2) is 7.47. The Kier molecular flexibility index (Phi) is 5.38. The number of nitrogens with zero attached hydrogens (tertiary/aromatic N) is 1. The first kappa shape index (κ1) is 15.9. The van der Waals surface area contributed by atoms with Crippen LogP contribution in [0.2, 0.25) is 0 Å². The lowest BCUT2D eigenvalue weighted by Gasteiger charge is -2.09. The second-order valence-corrected chi connectivity index (χ2v) is 4.71. The Morgan fingerprint density at radius 2 is 2.05 bits per heavy atom. The van der Waals surface area contributed by atoms with Gasteiger partial charge in [-0.25, -0.2) is 4.99 Å². The largest absolute Gasteiger partial charge is 0.497 e. The van der Waals surface area contributed by atoms with Gasteiger partial charge in [-0.05, 0) is 24.3 Å². The van der Waals surface area contributed by atoms with Gasteiger partial charge in [-0.1, -0.05) is 18.2 Å². The number of para-hydroxylation sites is 1. The van der Waals surface area contributed by atoms with E-state index in [0.29, 0.717) is 22.7 Å². The fourth-order valence-corrected chi connectivity index (χ4v) is 1.91. The zero-order chi connectivity index (χ0) is 15.9. The third kappa shape index (κ3) is 3.99. The molecule has 6 heteroatoms. The molecule has 0 aliphatic carbocycles. The molecule has 3 N–H and O–H groups in total. The van der Waals surface area contributed by atoms with Gasteiger partial charge in [0.1, 0.15) is 11.6 Å². The first-order chi connectivity index (χ1) is 10.6. The summed E-state index contributed by atoms with van der Waals surface area (Å²) < 4.78 is 5.13. The molecule has 2 aromatic carbocycles. The minimum absolute atomic E-state index is 0.103. The van der Waals surface area contributed by atoms with Gasteiger partial charge in [-0.3, -0.25) is 4.79 Å². The summed E-state index contributed by atoms with van der Waals surface area (Å²) in [5.74, 6) is 0.736. The van der Waals surface area contributed by atoms with Gasteiger partial charge in [0, 0.05) is 11.8 Å². The zero-order valence-electron chi connectivity index (χ0n) is 12.0. The van der Waals surface area contributed by atoms with Crippen LogP contribution >= 0.6 is 11.6 Å². The highest BCUT2D eigenvalue weighted by atomic mass is 35.5. The molecule has 0 saturated carbocycles. The van der Waals surface area contributed by atoms with Crippen molar-refractivity contribution in [2.75, 3.05) is 18.3 Å². The minimum atomic E-state index is -0.282. The first-order valence-corrected chi connectivity index (χ1v) is 7.11. The van der Waals surface area contributed by atoms with Crippen LogP contribution < -0.4 is 15.8 Å². The Bertz CT molecular complexity index is 701. The monoisotopic (exact) mass is 317 g/mol. The van der Waals surface area contributed by atoms with Gasteiger partial charge in [0.05, 0.1) is 24.2 Å². The molecule has 0 aliphatic heterocycles. The van der Waals surface area contributed by atoms with Crippen LogP contribution in [0.3, 0.4) is 0 Å². The molecule has 0 aliphatic rings. The summed E-state index contributed by atoms with van der Waals surface area (Å²) in [5, 5.41) is 2.80. The number of anilines is 1. The van der Waals surface area contributed by atoms with E-state index in [4.69, 9.17) is 22.1 Å². The molecule has 0 spiro atoms. The van der Waals surface area contributed by atoms with E-state index < -0.39 is 0 Å². The van der Waals surface area contributed by atoms with Crippen LogP contribution in [0, 0.1) is 0 Å². The van der Waals surface area contributed by atoms with Crippen LogP contribution in [-0.4, -0.2) is 24.7 Å². The lowest BCUT2D eigenvalue weighted by molar-refractivity contribution is 0.102. The van der Waals surface area contributed by atoms with E-state index in [1.807, 2.05) is 0 Å². The summed E-state index contributed by atoms with van der Waals surface area (Å²) in [6, 6.07) is 14.0. The van der Waals surface area contributed by atoms with E-state index in [9.17, 15) is 4.79 Å². The fourth-order valence-electron chi connectivity index (χ4n) is 1.85. The Morgan fingerprint density at radius 3 is 2.77 bits per heavy atom. The van der Waals surface area contributed by atoms with Gasteiger partial charge in [0.2, 0.25) is 0 Å². The molecule has 0 radical (unpaired) electrons. The average molecular weight is 318 g/mol. The number of nitrogens with one attached hydrogen (secondary N) is 1. The molecule has 2 rings (SSSR count). The van der Waals surface area contributed by atoms with E-state index in [1.54, 1.807) is 55.6 Å². The SMILES string of the molecule is COc1cccc(NC(=O)c2ccccc2N=C(N)CCl)c1. The van der Waals surface area contributed by atoms with Crippen LogP contribution in [0.25, 0.3) is 0 Å². The maximum atomic E-state index is 12.4. The summed E-state index contributed by atoms with van der Waals surface area (Å²) >= 11 is 5.63. The Hall–Kier alpha value is -2.53. The van der Waals surface area contributed by atoms with Crippen molar-refractivity contribution in [3.05, 3.63) is 54.1 Å². The number of benzene rings is 2.